The molecule has 2 N–H and O–H groups in total. The second-order valence-corrected chi connectivity index (χ2v) is 6.96. The van der Waals surface area contributed by atoms with Gasteiger partial charge in [-0.05, 0) is 56.3 Å². The van der Waals surface area contributed by atoms with Gasteiger partial charge in [-0.1, -0.05) is 20.3 Å². The van der Waals surface area contributed by atoms with Crippen molar-refractivity contribution in [1.29, 1.82) is 0 Å². The van der Waals surface area contributed by atoms with Crippen LogP contribution < -0.4 is 0 Å². The summed E-state index contributed by atoms with van der Waals surface area (Å²) in [4.78, 5) is 16.0. The quantitative estimate of drug-likeness (QED) is 0.609. The van der Waals surface area contributed by atoms with Crippen LogP contribution in [0.2, 0.25) is 0 Å². The van der Waals surface area contributed by atoms with Gasteiger partial charge in [0.2, 0.25) is 0 Å². The third-order valence-corrected chi connectivity index (χ3v) is 5.71. The summed E-state index contributed by atoms with van der Waals surface area (Å²) in [6, 6.07) is 0. The van der Waals surface area contributed by atoms with Gasteiger partial charge in [-0.2, -0.15) is 0 Å². The van der Waals surface area contributed by atoms with Crippen molar-refractivity contribution in [2.24, 2.45) is 29.6 Å². The normalized spacial score (nSPS) is 44.4. The maximum atomic E-state index is 11.3. The number of hydrogen-bond donors (Lipinski definition) is 2. The van der Waals surface area contributed by atoms with Crippen molar-refractivity contribution in [3.63, 3.8) is 0 Å². The lowest BCUT2D eigenvalue weighted by atomic mass is 9.56. The fourth-order valence-corrected chi connectivity index (χ4v) is 4.38. The Labute approximate surface area is 115 Å². The molecule has 19 heavy (non-hydrogen) atoms. The molecule has 0 aromatic heterocycles. The van der Waals surface area contributed by atoms with E-state index in [2.05, 4.69) is 6.92 Å². The van der Waals surface area contributed by atoms with Crippen LogP contribution in [0.15, 0.2) is 0 Å². The van der Waals surface area contributed by atoms with E-state index in [1.807, 2.05) is 13.8 Å². The van der Waals surface area contributed by atoms with Gasteiger partial charge in [0, 0.05) is 0 Å². The first-order chi connectivity index (χ1) is 8.88. The van der Waals surface area contributed by atoms with Gasteiger partial charge in [-0.3, -0.25) is 10.1 Å². The van der Waals surface area contributed by atoms with Gasteiger partial charge < -0.3 is 5.11 Å². The highest BCUT2D eigenvalue weighted by Gasteiger charge is 2.48. The zero-order valence-corrected chi connectivity index (χ0v) is 12.1. The fraction of sp³-hybridized carbons (Fsp3) is 0.933. The van der Waals surface area contributed by atoms with Crippen molar-refractivity contribution in [3.05, 3.63) is 0 Å². The third kappa shape index (κ3) is 2.79. The molecule has 2 saturated carbocycles. The molecule has 0 aliphatic heterocycles. The lowest BCUT2D eigenvalue weighted by molar-refractivity contribution is -0.333. The van der Waals surface area contributed by atoms with Gasteiger partial charge in [-0.25, -0.2) is 4.89 Å². The Kier molecular flexibility index (Phi) is 4.21. The first-order valence-electron chi connectivity index (χ1n) is 7.43. The van der Waals surface area contributed by atoms with Crippen LogP contribution in [-0.2, 0) is 9.68 Å². The standard InChI is InChI=1S/C15H26O4/c1-9-4-5-12(10(2)14(16)17)13-8-15(3,19-18)7-6-11(9)13/h9-13,18H,4-8H2,1-3H3,(H,16,17)/t9-,10?,11+,12+,13?,15-/m1/s1. The summed E-state index contributed by atoms with van der Waals surface area (Å²) in [6.07, 6.45) is 4.78. The van der Waals surface area contributed by atoms with Crippen molar-refractivity contribution >= 4 is 5.97 Å². The molecular formula is C15H26O4. The Morgan fingerprint density at radius 3 is 2.58 bits per heavy atom. The molecule has 2 aliphatic rings. The van der Waals surface area contributed by atoms with Crippen LogP contribution in [0.1, 0.15) is 52.9 Å². The van der Waals surface area contributed by atoms with Gasteiger partial charge in [-0.15, -0.1) is 0 Å². The highest BCUT2D eigenvalue weighted by molar-refractivity contribution is 5.69. The SMILES string of the molecule is CC(C(=O)O)[C@@H]1CC[C@@H](C)[C@@H]2CC[C@@](C)(OO)CC12. The molecule has 2 rings (SSSR count). The summed E-state index contributed by atoms with van der Waals surface area (Å²) in [5, 5.41) is 18.4. The average Bonchev–Trinajstić information content (AvgIpc) is 2.38. The molecule has 0 aromatic carbocycles. The fourth-order valence-electron chi connectivity index (χ4n) is 4.38. The van der Waals surface area contributed by atoms with E-state index in [9.17, 15) is 9.90 Å². The maximum absolute atomic E-state index is 11.3. The molecule has 0 aromatic rings. The van der Waals surface area contributed by atoms with Crippen LogP contribution >= 0.6 is 0 Å². The third-order valence-electron chi connectivity index (χ3n) is 5.71. The summed E-state index contributed by atoms with van der Waals surface area (Å²) >= 11 is 0. The summed E-state index contributed by atoms with van der Waals surface area (Å²) in [5.74, 6) is 0.819. The molecule has 0 amide bonds. The van der Waals surface area contributed by atoms with Crippen molar-refractivity contribution in [2.75, 3.05) is 0 Å². The van der Waals surface area contributed by atoms with Crippen LogP contribution in [0.25, 0.3) is 0 Å². The lowest BCUT2D eigenvalue weighted by Gasteiger charge is -2.50. The Morgan fingerprint density at radius 2 is 2.00 bits per heavy atom. The Morgan fingerprint density at radius 1 is 1.32 bits per heavy atom. The molecule has 0 radical (unpaired) electrons. The highest BCUT2D eigenvalue weighted by atomic mass is 17.1. The predicted octanol–water partition coefficient (Wildman–Crippen LogP) is 3.42. The number of carboxylic acid groups (broad SMARTS) is 1. The summed E-state index contributed by atoms with van der Waals surface area (Å²) in [7, 11) is 0. The first kappa shape index (κ1) is 14.8. The summed E-state index contributed by atoms with van der Waals surface area (Å²) < 4.78 is 0. The van der Waals surface area contributed by atoms with Crippen LogP contribution in [0.4, 0.5) is 0 Å². The van der Waals surface area contributed by atoms with Gasteiger partial charge in [0.25, 0.3) is 0 Å². The van der Waals surface area contributed by atoms with E-state index in [4.69, 9.17) is 10.1 Å². The minimum Gasteiger partial charge on any atom is -0.481 e. The zero-order valence-electron chi connectivity index (χ0n) is 12.1. The topological polar surface area (TPSA) is 66.8 Å². The van der Waals surface area contributed by atoms with Gasteiger partial charge in [0.1, 0.15) is 5.60 Å². The molecule has 2 aliphatic carbocycles. The molecule has 6 atom stereocenters. The van der Waals surface area contributed by atoms with E-state index < -0.39 is 11.6 Å². The molecule has 0 bridgehead atoms. The van der Waals surface area contributed by atoms with Crippen molar-refractivity contribution < 1.29 is 20.0 Å². The molecule has 4 nitrogen and oxygen atoms in total. The Hall–Kier alpha value is -0.610. The van der Waals surface area contributed by atoms with Crippen LogP contribution in [-0.4, -0.2) is 21.9 Å². The zero-order chi connectivity index (χ0) is 14.2. The van der Waals surface area contributed by atoms with Gasteiger partial charge in [0.05, 0.1) is 5.92 Å². The number of carbonyl (C=O) groups is 1. The highest BCUT2D eigenvalue weighted by Crippen LogP contribution is 2.52. The average molecular weight is 270 g/mol. The van der Waals surface area contributed by atoms with Gasteiger partial charge in [0.15, 0.2) is 0 Å². The second kappa shape index (κ2) is 5.41. The van der Waals surface area contributed by atoms with E-state index in [0.717, 1.165) is 32.1 Å². The maximum Gasteiger partial charge on any atom is 0.306 e. The van der Waals surface area contributed by atoms with E-state index in [-0.39, 0.29) is 11.8 Å². The van der Waals surface area contributed by atoms with E-state index in [1.54, 1.807) is 0 Å². The minimum absolute atomic E-state index is 0.216. The van der Waals surface area contributed by atoms with E-state index >= 15 is 0 Å². The number of carboxylic acids is 1. The van der Waals surface area contributed by atoms with Crippen molar-refractivity contribution in [3.8, 4) is 0 Å². The van der Waals surface area contributed by atoms with Crippen LogP contribution in [0, 0.1) is 29.6 Å². The molecule has 2 unspecified atom stereocenters. The Balaban J connectivity index is 2.19. The van der Waals surface area contributed by atoms with Crippen molar-refractivity contribution in [2.45, 2.75) is 58.5 Å². The molecule has 0 heterocycles. The minimum atomic E-state index is -0.699. The van der Waals surface area contributed by atoms with Crippen molar-refractivity contribution in [1.82, 2.24) is 0 Å². The number of rotatable bonds is 3. The molecule has 4 heteroatoms. The monoisotopic (exact) mass is 270 g/mol. The summed E-state index contributed by atoms with van der Waals surface area (Å²) in [6.45, 7) is 6.04. The molecular weight excluding hydrogens is 244 g/mol. The second-order valence-electron chi connectivity index (χ2n) is 6.96. The van der Waals surface area contributed by atoms with E-state index in [1.165, 1.54) is 0 Å². The lowest BCUT2D eigenvalue weighted by Crippen LogP contribution is -2.47. The molecule has 110 valence electrons. The number of aliphatic carboxylic acids is 1. The molecule has 2 fully saturated rings. The predicted molar refractivity (Wildman–Crippen MR) is 71.6 cm³/mol. The van der Waals surface area contributed by atoms with Crippen LogP contribution in [0.5, 0.6) is 0 Å². The smallest absolute Gasteiger partial charge is 0.306 e. The first-order valence-corrected chi connectivity index (χ1v) is 7.43. The number of fused-ring (bicyclic) bond motifs is 1. The molecule has 0 spiro atoms. The largest absolute Gasteiger partial charge is 0.481 e. The summed E-state index contributed by atoms with van der Waals surface area (Å²) in [5.41, 5.74) is -0.491. The van der Waals surface area contributed by atoms with Gasteiger partial charge >= 0.3 is 5.97 Å². The number of hydrogen-bond acceptors (Lipinski definition) is 3. The Bertz CT molecular complexity index is 343. The van der Waals surface area contributed by atoms with E-state index in [0.29, 0.717) is 17.8 Å². The molecule has 0 saturated heterocycles. The van der Waals surface area contributed by atoms with Crippen LogP contribution in [0.3, 0.4) is 0 Å².